The fraction of sp³-hybridized carbons (Fsp3) is 0.667. The van der Waals surface area contributed by atoms with Crippen LogP contribution in [0.2, 0.25) is 0 Å². The van der Waals surface area contributed by atoms with E-state index in [0.717, 1.165) is 26.2 Å². The van der Waals surface area contributed by atoms with Crippen molar-refractivity contribution >= 4 is 5.69 Å². The Hall–Kier alpha value is -1.06. The zero-order chi connectivity index (χ0) is 15.7. The van der Waals surface area contributed by atoms with Crippen molar-refractivity contribution < 1.29 is 4.74 Å². The van der Waals surface area contributed by atoms with E-state index in [1.807, 2.05) is 0 Å². The van der Waals surface area contributed by atoms with Crippen LogP contribution in [-0.2, 0) is 11.3 Å². The lowest BCUT2D eigenvalue weighted by atomic mass is 10.0. The first-order chi connectivity index (χ1) is 10.2. The van der Waals surface area contributed by atoms with E-state index in [1.165, 1.54) is 29.7 Å². The van der Waals surface area contributed by atoms with Crippen molar-refractivity contribution in [3.8, 4) is 0 Å². The second-order valence-corrected chi connectivity index (χ2v) is 5.55. The van der Waals surface area contributed by atoms with E-state index in [9.17, 15) is 0 Å². The Morgan fingerprint density at radius 1 is 1.19 bits per heavy atom. The Morgan fingerprint density at radius 3 is 2.43 bits per heavy atom. The molecule has 1 aromatic rings. The van der Waals surface area contributed by atoms with Crippen LogP contribution in [0, 0.1) is 6.92 Å². The number of nitrogens with one attached hydrogen (secondary N) is 1. The highest BCUT2D eigenvalue weighted by atomic mass is 16.5. The minimum absolute atomic E-state index is 0.583. The van der Waals surface area contributed by atoms with Crippen molar-refractivity contribution in [3.63, 3.8) is 0 Å². The third-order valence-corrected chi connectivity index (χ3v) is 4.14. The fourth-order valence-electron chi connectivity index (χ4n) is 2.76. The Labute approximate surface area is 130 Å². The molecule has 0 atom stereocenters. The molecule has 1 N–H and O–H groups in total. The van der Waals surface area contributed by atoms with Gasteiger partial charge in [-0.05, 0) is 49.6 Å². The number of benzene rings is 1. The average Bonchev–Trinajstić information content (AvgIpc) is 2.50. The van der Waals surface area contributed by atoms with Gasteiger partial charge in [-0.3, -0.25) is 0 Å². The molecule has 1 aromatic carbocycles. The summed E-state index contributed by atoms with van der Waals surface area (Å²) in [6.45, 7) is 12.6. The van der Waals surface area contributed by atoms with Gasteiger partial charge in [0, 0.05) is 31.9 Å². The molecule has 21 heavy (non-hydrogen) atoms. The summed E-state index contributed by atoms with van der Waals surface area (Å²) in [5.41, 5.74) is 4.07. The molecule has 0 amide bonds. The summed E-state index contributed by atoms with van der Waals surface area (Å²) < 4.78 is 5.29. The number of anilines is 1. The van der Waals surface area contributed by atoms with E-state index in [4.69, 9.17) is 4.74 Å². The van der Waals surface area contributed by atoms with Gasteiger partial charge < -0.3 is 15.0 Å². The number of aryl methyl sites for hydroxylation is 1. The molecule has 0 saturated carbocycles. The van der Waals surface area contributed by atoms with Crippen LogP contribution in [0.25, 0.3) is 0 Å². The molecule has 3 heteroatoms. The molecule has 0 aliphatic rings. The quantitative estimate of drug-likeness (QED) is 0.711. The van der Waals surface area contributed by atoms with Crippen molar-refractivity contribution in [2.75, 3.05) is 31.7 Å². The van der Waals surface area contributed by atoms with Crippen LogP contribution < -0.4 is 10.2 Å². The minimum atomic E-state index is 0.583. The third-order valence-electron chi connectivity index (χ3n) is 4.14. The Kier molecular flexibility index (Phi) is 8.40. The number of rotatable bonds is 10. The molecule has 0 aliphatic heterocycles. The number of hydrogen-bond acceptors (Lipinski definition) is 3. The van der Waals surface area contributed by atoms with Gasteiger partial charge >= 0.3 is 0 Å². The Balaban J connectivity index is 2.93. The maximum absolute atomic E-state index is 5.29. The van der Waals surface area contributed by atoms with Crippen LogP contribution in [0.5, 0.6) is 0 Å². The number of hydrogen-bond donors (Lipinski definition) is 1. The summed E-state index contributed by atoms with van der Waals surface area (Å²) in [4.78, 5) is 2.49. The van der Waals surface area contributed by atoms with Crippen molar-refractivity contribution in [2.45, 2.75) is 53.1 Å². The number of methoxy groups -OCH3 is 1. The molecule has 0 aromatic heterocycles. The fourth-order valence-corrected chi connectivity index (χ4v) is 2.76. The average molecular weight is 292 g/mol. The van der Waals surface area contributed by atoms with Crippen molar-refractivity contribution in [3.05, 3.63) is 29.3 Å². The standard InChI is InChI=1S/C18H32N2O/c1-6-17(7-2)20(11-12-21-5)18-10-9-16(14-19-8-3)15(4)13-18/h9-10,13,17,19H,6-8,11-12,14H2,1-5H3. The van der Waals surface area contributed by atoms with E-state index < -0.39 is 0 Å². The van der Waals surface area contributed by atoms with E-state index in [2.05, 4.69) is 56.1 Å². The lowest BCUT2D eigenvalue weighted by molar-refractivity contribution is 0.202. The second kappa shape index (κ2) is 9.80. The first kappa shape index (κ1) is 18.0. The van der Waals surface area contributed by atoms with Crippen LogP contribution in [0.3, 0.4) is 0 Å². The zero-order valence-corrected chi connectivity index (χ0v) is 14.4. The molecule has 0 heterocycles. The molecule has 0 spiro atoms. The van der Waals surface area contributed by atoms with Gasteiger partial charge in [0.05, 0.1) is 6.61 Å². The van der Waals surface area contributed by atoms with E-state index >= 15 is 0 Å². The maximum Gasteiger partial charge on any atom is 0.0637 e. The smallest absolute Gasteiger partial charge is 0.0637 e. The predicted octanol–water partition coefficient (Wildman–Crippen LogP) is 3.75. The van der Waals surface area contributed by atoms with Crippen LogP contribution >= 0.6 is 0 Å². The SMILES string of the molecule is CCNCc1ccc(N(CCOC)C(CC)CC)cc1C. The molecule has 1 rings (SSSR count). The largest absolute Gasteiger partial charge is 0.383 e. The van der Waals surface area contributed by atoms with Gasteiger partial charge in [-0.25, -0.2) is 0 Å². The van der Waals surface area contributed by atoms with Crippen molar-refractivity contribution in [1.82, 2.24) is 5.32 Å². The van der Waals surface area contributed by atoms with Crippen molar-refractivity contribution in [1.29, 1.82) is 0 Å². The second-order valence-electron chi connectivity index (χ2n) is 5.55. The summed E-state index contributed by atoms with van der Waals surface area (Å²) in [5, 5.41) is 3.40. The first-order valence-corrected chi connectivity index (χ1v) is 8.23. The van der Waals surface area contributed by atoms with Crippen LogP contribution in [0.1, 0.15) is 44.7 Å². The summed E-state index contributed by atoms with van der Waals surface area (Å²) in [5.74, 6) is 0. The summed E-state index contributed by atoms with van der Waals surface area (Å²) >= 11 is 0. The van der Waals surface area contributed by atoms with Gasteiger partial charge in [-0.15, -0.1) is 0 Å². The summed E-state index contributed by atoms with van der Waals surface area (Å²) in [7, 11) is 1.77. The highest BCUT2D eigenvalue weighted by molar-refractivity contribution is 5.51. The van der Waals surface area contributed by atoms with Crippen LogP contribution in [0.15, 0.2) is 18.2 Å². The minimum Gasteiger partial charge on any atom is -0.383 e. The Morgan fingerprint density at radius 2 is 1.90 bits per heavy atom. The van der Waals surface area contributed by atoms with E-state index in [0.29, 0.717) is 6.04 Å². The van der Waals surface area contributed by atoms with Gasteiger partial charge in [0.2, 0.25) is 0 Å². The maximum atomic E-state index is 5.29. The normalized spacial score (nSPS) is 11.1. The van der Waals surface area contributed by atoms with Gasteiger partial charge in [0.1, 0.15) is 0 Å². The summed E-state index contributed by atoms with van der Waals surface area (Å²) in [6, 6.07) is 7.42. The molecule has 0 fully saturated rings. The van der Waals surface area contributed by atoms with Gasteiger partial charge in [-0.1, -0.05) is 26.8 Å². The van der Waals surface area contributed by atoms with Gasteiger partial charge in [0.15, 0.2) is 0 Å². The van der Waals surface area contributed by atoms with E-state index in [-0.39, 0.29) is 0 Å². The third kappa shape index (κ3) is 5.33. The molecular weight excluding hydrogens is 260 g/mol. The molecule has 0 radical (unpaired) electrons. The highest BCUT2D eigenvalue weighted by Gasteiger charge is 2.16. The predicted molar refractivity (Wildman–Crippen MR) is 92.2 cm³/mol. The topological polar surface area (TPSA) is 24.5 Å². The van der Waals surface area contributed by atoms with Crippen LogP contribution in [0.4, 0.5) is 5.69 Å². The van der Waals surface area contributed by atoms with E-state index in [1.54, 1.807) is 7.11 Å². The first-order valence-electron chi connectivity index (χ1n) is 8.23. The molecular formula is C18H32N2O. The molecule has 0 bridgehead atoms. The molecule has 120 valence electrons. The zero-order valence-electron chi connectivity index (χ0n) is 14.4. The molecule has 0 aliphatic carbocycles. The highest BCUT2D eigenvalue weighted by Crippen LogP contribution is 2.23. The lowest BCUT2D eigenvalue weighted by Gasteiger charge is -2.33. The molecule has 3 nitrogen and oxygen atoms in total. The van der Waals surface area contributed by atoms with Crippen molar-refractivity contribution in [2.24, 2.45) is 0 Å². The molecule has 0 saturated heterocycles. The van der Waals surface area contributed by atoms with Gasteiger partial charge in [-0.2, -0.15) is 0 Å². The Bertz CT molecular complexity index is 402. The number of nitrogens with zero attached hydrogens (tertiary/aromatic N) is 1. The monoisotopic (exact) mass is 292 g/mol. The summed E-state index contributed by atoms with van der Waals surface area (Å²) in [6.07, 6.45) is 2.33. The van der Waals surface area contributed by atoms with Gasteiger partial charge in [0.25, 0.3) is 0 Å². The molecule has 0 unspecified atom stereocenters. The van der Waals surface area contributed by atoms with Crippen LogP contribution in [-0.4, -0.2) is 32.8 Å². The number of ether oxygens (including phenoxy) is 1. The lowest BCUT2D eigenvalue weighted by Crippen LogP contribution is -2.37.